The minimum Gasteiger partial charge on any atom is -0.505 e. The van der Waals surface area contributed by atoms with Crippen molar-refractivity contribution >= 4 is 13.8 Å². The van der Waals surface area contributed by atoms with Gasteiger partial charge in [-0.15, -0.1) is 0 Å². The molecule has 0 amide bonds. The van der Waals surface area contributed by atoms with Crippen LogP contribution in [0, 0.1) is 0 Å². The number of hydrogen-bond acceptors (Lipinski definition) is 7. The second-order valence-corrected chi connectivity index (χ2v) is 4.15. The lowest BCUT2D eigenvalue weighted by atomic mass is 10.2. The zero-order valence-corrected chi connectivity index (χ0v) is 8.57. The van der Waals surface area contributed by atoms with E-state index >= 15 is 0 Å². The minimum absolute atomic E-state index is 0.875. The number of ether oxygens (including phenoxy) is 1. The van der Waals surface area contributed by atoms with Gasteiger partial charge in [-0.25, -0.2) is 9.36 Å². The van der Waals surface area contributed by atoms with Gasteiger partial charge in [0, 0.05) is 0 Å². The molecule has 5 N–H and O–H groups in total. The van der Waals surface area contributed by atoms with Crippen molar-refractivity contribution in [2.45, 2.75) is 12.2 Å². The molecule has 0 spiro atoms. The minimum atomic E-state index is -4.77. The summed E-state index contributed by atoms with van der Waals surface area (Å²) in [5.74, 6) is -3.20. The summed E-state index contributed by atoms with van der Waals surface area (Å²) in [5.41, 5.74) is 0. The number of rotatable bonds is 4. The highest BCUT2D eigenvalue weighted by molar-refractivity contribution is 7.46. The van der Waals surface area contributed by atoms with Crippen molar-refractivity contribution in [1.82, 2.24) is 0 Å². The molecule has 0 aromatic carbocycles. The smallest absolute Gasteiger partial charge is 0.469 e. The summed E-state index contributed by atoms with van der Waals surface area (Å²) >= 11 is 0. The standard InChI is InChI=1S/C6H9O9P/c7-2(1-14-16(11,12)13)5-3(8)4(9)6(10)15-5/h2,5,7-9H,1H2,(H2,11,12,13)/t2-,5-/m0/s1. The monoisotopic (exact) mass is 256 g/mol. The van der Waals surface area contributed by atoms with Gasteiger partial charge in [-0.05, 0) is 0 Å². The Morgan fingerprint density at radius 2 is 2.00 bits per heavy atom. The molecule has 9 nitrogen and oxygen atoms in total. The first-order valence-corrected chi connectivity index (χ1v) is 5.46. The Morgan fingerprint density at radius 3 is 2.38 bits per heavy atom. The summed E-state index contributed by atoms with van der Waals surface area (Å²) in [5, 5.41) is 27.2. The number of carbonyl (C=O) groups is 1. The fourth-order valence-electron chi connectivity index (χ4n) is 0.988. The van der Waals surface area contributed by atoms with E-state index in [0.717, 1.165) is 0 Å². The maximum absolute atomic E-state index is 10.7. The lowest BCUT2D eigenvalue weighted by molar-refractivity contribution is -0.147. The Labute approximate surface area is 88.8 Å². The van der Waals surface area contributed by atoms with E-state index in [1.54, 1.807) is 0 Å². The number of aliphatic hydroxyl groups excluding tert-OH is 3. The predicted molar refractivity (Wildman–Crippen MR) is 46.2 cm³/mol. The van der Waals surface area contributed by atoms with Crippen LogP contribution in [0.15, 0.2) is 11.5 Å². The van der Waals surface area contributed by atoms with E-state index in [9.17, 15) is 14.5 Å². The van der Waals surface area contributed by atoms with Crippen LogP contribution < -0.4 is 0 Å². The maximum Gasteiger partial charge on any atom is 0.469 e. The molecule has 1 aliphatic heterocycles. The van der Waals surface area contributed by atoms with Gasteiger partial charge >= 0.3 is 13.8 Å². The molecule has 0 saturated heterocycles. The van der Waals surface area contributed by atoms with E-state index in [1.807, 2.05) is 0 Å². The van der Waals surface area contributed by atoms with Crippen molar-refractivity contribution < 1.29 is 43.7 Å². The summed E-state index contributed by atoms with van der Waals surface area (Å²) < 4.78 is 18.5. The average molecular weight is 256 g/mol. The summed E-state index contributed by atoms with van der Waals surface area (Å²) in [7, 11) is -4.77. The molecule has 92 valence electrons. The summed E-state index contributed by atoms with van der Waals surface area (Å²) in [6.45, 7) is -0.875. The van der Waals surface area contributed by atoms with Crippen molar-refractivity contribution in [3.05, 3.63) is 11.5 Å². The molecule has 2 atom stereocenters. The second-order valence-electron chi connectivity index (χ2n) is 2.91. The number of carbonyl (C=O) groups excluding carboxylic acids is 1. The van der Waals surface area contributed by atoms with Crippen molar-refractivity contribution in [2.24, 2.45) is 0 Å². The molecule has 16 heavy (non-hydrogen) atoms. The quantitative estimate of drug-likeness (QED) is 0.305. The number of esters is 1. The van der Waals surface area contributed by atoms with Crippen molar-refractivity contribution in [3.8, 4) is 0 Å². The Bertz CT molecular complexity index is 368. The van der Waals surface area contributed by atoms with Crippen molar-refractivity contribution in [1.29, 1.82) is 0 Å². The summed E-state index contributed by atoms with van der Waals surface area (Å²) in [4.78, 5) is 27.4. The van der Waals surface area contributed by atoms with Gasteiger partial charge in [-0.2, -0.15) is 0 Å². The third-order valence-electron chi connectivity index (χ3n) is 1.70. The van der Waals surface area contributed by atoms with Gasteiger partial charge in [0.25, 0.3) is 0 Å². The molecule has 1 heterocycles. The fourth-order valence-corrected chi connectivity index (χ4v) is 1.33. The zero-order chi connectivity index (χ0) is 12.5. The zero-order valence-electron chi connectivity index (χ0n) is 7.68. The Kier molecular flexibility index (Phi) is 3.56. The van der Waals surface area contributed by atoms with Gasteiger partial charge in [0.15, 0.2) is 11.9 Å². The van der Waals surface area contributed by atoms with E-state index in [-0.39, 0.29) is 0 Å². The third-order valence-corrected chi connectivity index (χ3v) is 2.19. The molecule has 0 aromatic heterocycles. The van der Waals surface area contributed by atoms with Crippen LogP contribution >= 0.6 is 7.82 Å². The topological polar surface area (TPSA) is 154 Å². The van der Waals surface area contributed by atoms with Gasteiger partial charge in [-0.1, -0.05) is 0 Å². The summed E-state index contributed by atoms with van der Waals surface area (Å²) in [6.07, 6.45) is -3.31. The first-order chi connectivity index (χ1) is 7.22. The van der Waals surface area contributed by atoms with Gasteiger partial charge in [0.2, 0.25) is 5.76 Å². The van der Waals surface area contributed by atoms with Crippen LogP contribution in [0.4, 0.5) is 0 Å². The van der Waals surface area contributed by atoms with Gasteiger partial charge in [0.05, 0.1) is 6.61 Å². The lowest BCUT2D eigenvalue weighted by Crippen LogP contribution is -2.32. The highest BCUT2D eigenvalue weighted by Crippen LogP contribution is 2.36. The second kappa shape index (κ2) is 4.40. The highest BCUT2D eigenvalue weighted by atomic mass is 31.2. The summed E-state index contributed by atoms with van der Waals surface area (Å²) in [6, 6.07) is 0. The molecule has 1 aliphatic rings. The first-order valence-electron chi connectivity index (χ1n) is 3.93. The predicted octanol–water partition coefficient (Wildman–Crippen LogP) is -1.29. The van der Waals surface area contributed by atoms with Gasteiger partial charge in [-0.3, -0.25) is 4.52 Å². The molecule has 1 rings (SSSR count). The van der Waals surface area contributed by atoms with E-state index in [0.29, 0.717) is 0 Å². The highest BCUT2D eigenvalue weighted by Gasteiger charge is 2.39. The molecule has 10 heteroatoms. The average Bonchev–Trinajstić information content (AvgIpc) is 2.41. The van der Waals surface area contributed by atoms with Crippen LogP contribution in [-0.4, -0.2) is 49.9 Å². The van der Waals surface area contributed by atoms with Gasteiger partial charge in [0.1, 0.15) is 6.10 Å². The van der Waals surface area contributed by atoms with Crippen molar-refractivity contribution in [2.75, 3.05) is 6.61 Å². The normalized spacial score (nSPS) is 23.4. The molecule has 0 aromatic rings. The van der Waals surface area contributed by atoms with Crippen LogP contribution in [0.5, 0.6) is 0 Å². The van der Waals surface area contributed by atoms with Crippen LogP contribution in [0.3, 0.4) is 0 Å². The van der Waals surface area contributed by atoms with E-state index in [4.69, 9.17) is 20.0 Å². The number of phosphoric acid groups is 1. The van der Waals surface area contributed by atoms with Gasteiger partial charge < -0.3 is 29.8 Å². The molecule has 0 unspecified atom stereocenters. The molecule has 0 radical (unpaired) electrons. The molecular weight excluding hydrogens is 247 g/mol. The van der Waals surface area contributed by atoms with Crippen LogP contribution in [0.1, 0.15) is 0 Å². The number of cyclic esters (lactones) is 1. The largest absolute Gasteiger partial charge is 0.505 e. The molecule has 0 fully saturated rings. The number of aliphatic hydroxyl groups is 3. The molecule has 0 bridgehead atoms. The van der Waals surface area contributed by atoms with Crippen LogP contribution in [0.25, 0.3) is 0 Å². The number of hydrogen-bond donors (Lipinski definition) is 5. The first kappa shape index (κ1) is 12.9. The molecule has 0 aliphatic carbocycles. The van der Waals surface area contributed by atoms with Crippen LogP contribution in [0.2, 0.25) is 0 Å². The van der Waals surface area contributed by atoms with Crippen molar-refractivity contribution in [3.63, 3.8) is 0 Å². The Morgan fingerprint density at radius 1 is 1.44 bits per heavy atom. The SMILES string of the molecule is O=C1O[C@@H]([C@@H](O)COP(=O)(O)O)C(O)=C1O. The third kappa shape index (κ3) is 2.94. The van der Waals surface area contributed by atoms with E-state index in [2.05, 4.69) is 9.26 Å². The van der Waals surface area contributed by atoms with Crippen LogP contribution in [-0.2, 0) is 18.6 Å². The van der Waals surface area contributed by atoms with E-state index in [1.165, 1.54) is 0 Å². The Balaban J connectivity index is 2.61. The molecular formula is C6H9O9P. The lowest BCUT2D eigenvalue weighted by Gasteiger charge is -2.17. The fraction of sp³-hybridized carbons (Fsp3) is 0.500. The van der Waals surface area contributed by atoms with E-state index < -0.39 is 44.1 Å². The Hall–Kier alpha value is -1.12. The molecule has 0 saturated carbocycles. The number of phosphoric ester groups is 1. The maximum atomic E-state index is 10.7.